The molecule has 3 aromatic carbocycles. The summed E-state index contributed by atoms with van der Waals surface area (Å²) < 4.78 is 16.7. The lowest BCUT2D eigenvalue weighted by Crippen LogP contribution is -2.45. The van der Waals surface area contributed by atoms with Crippen molar-refractivity contribution in [2.24, 2.45) is 0 Å². The molecule has 1 unspecified atom stereocenters. The van der Waals surface area contributed by atoms with E-state index >= 15 is 0 Å². The molecular formula is C29H26N4O4. The molecule has 8 heteroatoms. The van der Waals surface area contributed by atoms with Crippen LogP contribution in [-0.4, -0.2) is 27.9 Å². The number of allylic oxidation sites excluding steroid dienone is 1. The lowest BCUT2D eigenvalue weighted by atomic mass is 9.94. The van der Waals surface area contributed by atoms with Crippen molar-refractivity contribution in [2.45, 2.75) is 33.4 Å². The number of amides is 2. The summed E-state index contributed by atoms with van der Waals surface area (Å²) in [6.45, 7) is 6.52. The fraction of sp³-hybridized carbons (Fsp3) is 0.207. The summed E-state index contributed by atoms with van der Waals surface area (Å²) in [7, 11) is 0. The highest BCUT2D eigenvalue weighted by atomic mass is 16.7. The van der Waals surface area contributed by atoms with Crippen LogP contribution in [0.2, 0.25) is 0 Å². The van der Waals surface area contributed by atoms with E-state index in [0.29, 0.717) is 29.8 Å². The predicted octanol–water partition coefficient (Wildman–Crippen LogP) is 5.78. The molecule has 0 saturated heterocycles. The smallest absolute Gasteiger partial charge is 0.322 e. The Labute approximate surface area is 214 Å². The Balaban J connectivity index is 1.41. The molecule has 0 radical (unpaired) electrons. The predicted molar refractivity (Wildman–Crippen MR) is 138 cm³/mol. The highest BCUT2D eigenvalue weighted by Crippen LogP contribution is 2.39. The van der Waals surface area contributed by atoms with Gasteiger partial charge in [0.15, 0.2) is 11.5 Å². The first kappa shape index (κ1) is 22.8. The molecule has 2 aliphatic heterocycles. The van der Waals surface area contributed by atoms with Crippen LogP contribution in [0, 0.1) is 13.8 Å². The van der Waals surface area contributed by atoms with Gasteiger partial charge < -0.3 is 19.3 Å². The van der Waals surface area contributed by atoms with Gasteiger partial charge in [-0.25, -0.2) is 4.79 Å². The van der Waals surface area contributed by atoms with Gasteiger partial charge in [-0.15, -0.1) is 0 Å². The molecule has 2 amide bonds. The van der Waals surface area contributed by atoms with E-state index in [0.717, 1.165) is 39.1 Å². The van der Waals surface area contributed by atoms with Gasteiger partial charge in [-0.05, 0) is 44.0 Å². The Kier molecular flexibility index (Phi) is 5.64. The first-order valence-corrected chi connectivity index (χ1v) is 12.1. The van der Waals surface area contributed by atoms with E-state index in [-0.39, 0.29) is 12.8 Å². The first-order valence-electron chi connectivity index (χ1n) is 12.1. The first-order chi connectivity index (χ1) is 18.0. The fourth-order valence-electron chi connectivity index (χ4n) is 4.63. The zero-order valence-corrected chi connectivity index (χ0v) is 20.8. The maximum Gasteiger partial charge on any atom is 0.322 e. The Morgan fingerprint density at radius 1 is 0.919 bits per heavy atom. The number of fused-ring (bicyclic) bond motifs is 1. The van der Waals surface area contributed by atoms with Gasteiger partial charge in [0.05, 0.1) is 18.2 Å². The molecule has 0 bridgehead atoms. The average Bonchev–Trinajstić information content (AvgIpc) is 3.57. The van der Waals surface area contributed by atoms with Crippen LogP contribution in [-0.2, 0) is 6.54 Å². The SMILES string of the molecule is CC1=C(c2nc(-c3ccc(C)cc3)no2)C(c2ccc(C)cc2)NC(=O)N1Cc1ccc2c(c1)OCO2. The second kappa shape index (κ2) is 9.13. The number of nitrogens with zero attached hydrogens (tertiary/aromatic N) is 3. The molecule has 1 atom stereocenters. The highest BCUT2D eigenvalue weighted by Gasteiger charge is 2.36. The molecule has 4 aromatic rings. The number of aryl methyl sites for hydroxylation is 2. The van der Waals surface area contributed by atoms with Crippen LogP contribution in [0.25, 0.3) is 17.0 Å². The summed E-state index contributed by atoms with van der Waals surface area (Å²) in [6, 6.07) is 21.1. The number of rotatable bonds is 5. The average molecular weight is 495 g/mol. The minimum atomic E-state index is -0.438. The lowest BCUT2D eigenvalue weighted by molar-refractivity contribution is 0.174. The zero-order chi connectivity index (χ0) is 25.5. The van der Waals surface area contributed by atoms with Gasteiger partial charge >= 0.3 is 6.03 Å². The summed E-state index contributed by atoms with van der Waals surface area (Å²) >= 11 is 0. The number of benzene rings is 3. The quantitative estimate of drug-likeness (QED) is 0.378. The van der Waals surface area contributed by atoms with Gasteiger partial charge in [-0.1, -0.05) is 70.9 Å². The van der Waals surface area contributed by atoms with Crippen LogP contribution in [0.4, 0.5) is 4.79 Å². The number of ether oxygens (including phenoxy) is 2. The molecular weight excluding hydrogens is 468 g/mol. The van der Waals surface area contributed by atoms with E-state index in [4.69, 9.17) is 19.0 Å². The number of nitrogens with one attached hydrogen (secondary N) is 1. The van der Waals surface area contributed by atoms with Crippen molar-refractivity contribution in [3.05, 3.63) is 101 Å². The van der Waals surface area contributed by atoms with Crippen molar-refractivity contribution < 1.29 is 18.8 Å². The van der Waals surface area contributed by atoms with Crippen LogP contribution in [0.5, 0.6) is 11.5 Å². The third-order valence-electron chi connectivity index (χ3n) is 6.75. The largest absolute Gasteiger partial charge is 0.454 e. The van der Waals surface area contributed by atoms with Crippen molar-refractivity contribution in [2.75, 3.05) is 6.79 Å². The third kappa shape index (κ3) is 4.31. The molecule has 2 aliphatic rings. The molecule has 0 aliphatic carbocycles. The second-order valence-corrected chi connectivity index (χ2v) is 9.36. The molecule has 1 aromatic heterocycles. The van der Waals surface area contributed by atoms with E-state index in [1.165, 1.54) is 0 Å². The number of carbonyl (C=O) groups excluding carboxylic acids is 1. The summed E-state index contributed by atoms with van der Waals surface area (Å²) in [6.07, 6.45) is 0. The zero-order valence-electron chi connectivity index (χ0n) is 20.8. The van der Waals surface area contributed by atoms with Crippen molar-refractivity contribution in [1.82, 2.24) is 20.4 Å². The van der Waals surface area contributed by atoms with Crippen LogP contribution >= 0.6 is 0 Å². The summed E-state index contributed by atoms with van der Waals surface area (Å²) in [4.78, 5) is 19.8. The van der Waals surface area contributed by atoms with Crippen molar-refractivity contribution in [3.8, 4) is 22.9 Å². The van der Waals surface area contributed by atoms with E-state index in [1.807, 2.05) is 87.5 Å². The summed E-state index contributed by atoms with van der Waals surface area (Å²) in [5, 5.41) is 7.41. The number of aromatic nitrogens is 2. The molecule has 0 saturated carbocycles. The maximum atomic E-state index is 13.4. The van der Waals surface area contributed by atoms with Gasteiger partial charge in [-0.3, -0.25) is 4.90 Å². The van der Waals surface area contributed by atoms with Crippen LogP contribution < -0.4 is 14.8 Å². The van der Waals surface area contributed by atoms with E-state index in [2.05, 4.69) is 10.5 Å². The third-order valence-corrected chi connectivity index (χ3v) is 6.75. The molecule has 8 nitrogen and oxygen atoms in total. The topological polar surface area (TPSA) is 89.7 Å². The summed E-state index contributed by atoms with van der Waals surface area (Å²) in [5.41, 5.74) is 6.50. The monoisotopic (exact) mass is 494 g/mol. The standard InChI is InChI=1S/C29H26N4O4/c1-17-4-9-21(10-5-17)26-25(28-31-27(32-37-28)22-11-6-18(2)7-12-22)19(3)33(29(34)30-26)15-20-8-13-23-24(14-20)36-16-35-23/h4-14,26H,15-16H2,1-3H3,(H,30,34). The van der Waals surface area contributed by atoms with Gasteiger partial charge in [0, 0.05) is 11.3 Å². The molecule has 0 spiro atoms. The second-order valence-electron chi connectivity index (χ2n) is 9.36. The molecule has 37 heavy (non-hydrogen) atoms. The van der Waals surface area contributed by atoms with Crippen LogP contribution in [0.1, 0.15) is 41.1 Å². The van der Waals surface area contributed by atoms with Crippen molar-refractivity contribution in [1.29, 1.82) is 0 Å². The van der Waals surface area contributed by atoms with Gasteiger partial charge in [0.2, 0.25) is 12.6 Å². The van der Waals surface area contributed by atoms with Crippen molar-refractivity contribution >= 4 is 11.6 Å². The molecule has 3 heterocycles. The Bertz CT molecular complexity index is 1510. The number of urea groups is 1. The van der Waals surface area contributed by atoms with E-state index in [9.17, 15) is 4.79 Å². The molecule has 186 valence electrons. The number of hydrogen-bond acceptors (Lipinski definition) is 6. The number of carbonyl (C=O) groups is 1. The van der Waals surface area contributed by atoms with E-state index in [1.54, 1.807) is 4.90 Å². The van der Waals surface area contributed by atoms with Crippen LogP contribution in [0.15, 0.2) is 77.0 Å². The Morgan fingerprint density at radius 2 is 1.62 bits per heavy atom. The normalized spacial score (nSPS) is 16.8. The lowest BCUT2D eigenvalue weighted by Gasteiger charge is -2.35. The van der Waals surface area contributed by atoms with Gasteiger partial charge in [-0.2, -0.15) is 4.98 Å². The minimum absolute atomic E-state index is 0.199. The molecule has 6 rings (SSSR count). The minimum Gasteiger partial charge on any atom is -0.454 e. The van der Waals surface area contributed by atoms with Crippen molar-refractivity contribution in [3.63, 3.8) is 0 Å². The van der Waals surface area contributed by atoms with Gasteiger partial charge in [0.25, 0.3) is 5.89 Å². The Hall–Kier alpha value is -4.59. The molecule has 0 fully saturated rings. The maximum absolute atomic E-state index is 13.4. The van der Waals surface area contributed by atoms with Gasteiger partial charge in [0.1, 0.15) is 0 Å². The Morgan fingerprint density at radius 3 is 2.38 bits per heavy atom. The fourth-order valence-corrected chi connectivity index (χ4v) is 4.63. The molecule has 1 N–H and O–H groups in total. The van der Waals surface area contributed by atoms with E-state index < -0.39 is 6.04 Å². The number of hydrogen-bond donors (Lipinski definition) is 1. The highest BCUT2D eigenvalue weighted by molar-refractivity contribution is 5.87. The van der Waals surface area contributed by atoms with Crippen LogP contribution in [0.3, 0.4) is 0 Å². The summed E-state index contributed by atoms with van der Waals surface area (Å²) in [5.74, 6) is 2.24.